The maximum absolute atomic E-state index is 10.0. The Hall–Kier alpha value is -2.36. The van der Waals surface area contributed by atoms with Gasteiger partial charge in [0.15, 0.2) is 11.5 Å². The normalized spacial score (nSPS) is 27.9. The van der Waals surface area contributed by atoms with Crippen LogP contribution in [-0.4, -0.2) is 62.8 Å². The Morgan fingerprint density at radius 3 is 2.37 bits per heavy atom. The van der Waals surface area contributed by atoms with Gasteiger partial charge in [-0.15, -0.1) is 0 Å². The highest BCUT2D eigenvalue weighted by Crippen LogP contribution is 2.33. The van der Waals surface area contributed by atoms with Gasteiger partial charge < -0.3 is 39.7 Å². The number of phenols is 1. The van der Waals surface area contributed by atoms with Gasteiger partial charge in [0.2, 0.25) is 6.29 Å². The third kappa shape index (κ3) is 4.49. The fourth-order valence-electron chi connectivity index (χ4n) is 2.71. The Balaban J connectivity index is 1.70. The Morgan fingerprint density at radius 2 is 1.67 bits per heavy atom. The highest BCUT2D eigenvalue weighted by Gasteiger charge is 2.44. The summed E-state index contributed by atoms with van der Waals surface area (Å²) >= 11 is 0. The van der Waals surface area contributed by atoms with Crippen LogP contribution >= 0.6 is 0 Å². The first-order valence-corrected chi connectivity index (χ1v) is 8.46. The molecular weight excluding hydrogens is 356 g/mol. The molecule has 0 bridgehead atoms. The number of rotatable bonds is 6. The molecule has 5 N–H and O–H groups in total. The first kappa shape index (κ1) is 19.4. The molecule has 0 unspecified atom stereocenters. The van der Waals surface area contributed by atoms with Gasteiger partial charge in [0.25, 0.3) is 0 Å². The van der Waals surface area contributed by atoms with Crippen molar-refractivity contribution >= 4 is 0 Å². The van der Waals surface area contributed by atoms with Crippen molar-refractivity contribution in [3.05, 3.63) is 54.1 Å². The van der Waals surface area contributed by atoms with Crippen molar-refractivity contribution in [1.82, 2.24) is 0 Å². The van der Waals surface area contributed by atoms with Crippen molar-refractivity contribution in [2.75, 3.05) is 6.61 Å². The van der Waals surface area contributed by atoms with Crippen LogP contribution in [0.5, 0.6) is 17.2 Å². The van der Waals surface area contributed by atoms with Crippen molar-refractivity contribution in [3.63, 3.8) is 0 Å². The van der Waals surface area contributed by atoms with Gasteiger partial charge in [0.1, 0.15) is 36.8 Å². The Morgan fingerprint density at radius 1 is 0.926 bits per heavy atom. The average Bonchev–Trinajstić information content (AvgIpc) is 2.69. The first-order valence-electron chi connectivity index (χ1n) is 8.46. The molecule has 1 aliphatic heterocycles. The monoisotopic (exact) mass is 378 g/mol. The topological polar surface area (TPSA) is 129 Å². The molecule has 146 valence electrons. The second-order valence-corrected chi connectivity index (χ2v) is 6.22. The standard InChI is InChI=1S/C19H22O8/c20-9-15-16(22)17(23)18(24)19(27-15)26-14-8-12(6-7-13(14)21)25-10-11-4-2-1-3-5-11/h1-8,15-24H,9-10H2/t15-,16-,17+,18-,19-/m1/s1. The van der Waals surface area contributed by atoms with Crippen molar-refractivity contribution in [2.24, 2.45) is 0 Å². The highest BCUT2D eigenvalue weighted by atomic mass is 16.7. The van der Waals surface area contributed by atoms with Crippen LogP contribution in [0, 0.1) is 0 Å². The zero-order chi connectivity index (χ0) is 19.4. The summed E-state index contributed by atoms with van der Waals surface area (Å²) in [5.74, 6) is 0.153. The predicted molar refractivity (Wildman–Crippen MR) is 93.3 cm³/mol. The van der Waals surface area contributed by atoms with E-state index in [2.05, 4.69) is 0 Å². The second kappa shape index (κ2) is 8.55. The van der Waals surface area contributed by atoms with Gasteiger partial charge >= 0.3 is 0 Å². The minimum atomic E-state index is -1.57. The number of hydrogen-bond donors (Lipinski definition) is 5. The fourth-order valence-corrected chi connectivity index (χ4v) is 2.71. The first-order chi connectivity index (χ1) is 13.0. The van der Waals surface area contributed by atoms with Gasteiger partial charge in [0.05, 0.1) is 6.61 Å². The van der Waals surface area contributed by atoms with Crippen LogP contribution in [0.2, 0.25) is 0 Å². The number of aliphatic hydroxyl groups excluding tert-OH is 4. The molecule has 0 aliphatic carbocycles. The summed E-state index contributed by atoms with van der Waals surface area (Å²) in [6.45, 7) is -0.262. The number of aromatic hydroxyl groups is 1. The molecular formula is C19H22O8. The molecule has 2 aromatic carbocycles. The summed E-state index contributed by atoms with van der Waals surface area (Å²) in [6, 6.07) is 13.8. The molecule has 1 saturated heterocycles. The highest BCUT2D eigenvalue weighted by molar-refractivity contribution is 5.44. The molecule has 8 heteroatoms. The molecule has 0 saturated carbocycles. The van der Waals surface area contributed by atoms with E-state index in [4.69, 9.17) is 14.2 Å². The third-order valence-corrected chi connectivity index (χ3v) is 4.27. The van der Waals surface area contributed by atoms with Crippen molar-refractivity contribution < 1.29 is 39.7 Å². The minimum Gasteiger partial charge on any atom is -0.504 e. The average molecular weight is 378 g/mol. The Kier molecular flexibility index (Phi) is 6.15. The Bertz CT molecular complexity index is 736. The summed E-state index contributed by atoms with van der Waals surface area (Å²) in [6.07, 6.45) is -7.13. The Labute approximate surface area is 155 Å². The lowest BCUT2D eigenvalue weighted by molar-refractivity contribution is -0.277. The van der Waals surface area contributed by atoms with Gasteiger partial charge in [-0.05, 0) is 17.7 Å². The molecule has 0 amide bonds. The molecule has 0 spiro atoms. The van der Waals surface area contributed by atoms with Gasteiger partial charge in [-0.2, -0.15) is 0 Å². The van der Waals surface area contributed by atoms with E-state index in [9.17, 15) is 25.5 Å². The number of benzene rings is 2. The quantitative estimate of drug-likeness (QED) is 0.480. The molecule has 0 radical (unpaired) electrons. The van der Waals surface area contributed by atoms with E-state index in [0.29, 0.717) is 12.4 Å². The lowest BCUT2D eigenvalue weighted by atomic mass is 9.99. The summed E-state index contributed by atoms with van der Waals surface area (Å²) in [5, 5.41) is 48.9. The summed E-state index contributed by atoms with van der Waals surface area (Å²) in [7, 11) is 0. The van der Waals surface area contributed by atoms with E-state index in [1.54, 1.807) is 6.07 Å². The van der Waals surface area contributed by atoms with Crippen LogP contribution < -0.4 is 9.47 Å². The molecule has 3 rings (SSSR count). The molecule has 1 aliphatic rings. The lowest BCUT2D eigenvalue weighted by Gasteiger charge is -2.39. The minimum absolute atomic E-state index is 0.0371. The molecule has 2 aromatic rings. The van der Waals surface area contributed by atoms with Crippen molar-refractivity contribution in [3.8, 4) is 17.2 Å². The number of hydrogen-bond acceptors (Lipinski definition) is 8. The van der Waals surface area contributed by atoms with Gasteiger partial charge in [-0.1, -0.05) is 30.3 Å². The molecule has 8 nitrogen and oxygen atoms in total. The number of aliphatic hydroxyl groups is 4. The van der Waals surface area contributed by atoms with Gasteiger partial charge in [0, 0.05) is 6.07 Å². The molecule has 0 aromatic heterocycles. The maximum atomic E-state index is 10.0. The van der Waals surface area contributed by atoms with Gasteiger partial charge in [-0.3, -0.25) is 0 Å². The van der Waals surface area contributed by atoms with E-state index in [1.165, 1.54) is 12.1 Å². The summed E-state index contributed by atoms with van der Waals surface area (Å²) in [4.78, 5) is 0. The smallest absolute Gasteiger partial charge is 0.229 e. The summed E-state index contributed by atoms with van der Waals surface area (Å²) in [5.41, 5.74) is 0.960. The molecule has 27 heavy (non-hydrogen) atoms. The SMILES string of the molecule is OC[C@H]1O[C@@H](Oc2cc(OCc3ccccc3)ccc2O)[C@H](O)[C@@H](O)[C@@H]1O. The second-order valence-electron chi connectivity index (χ2n) is 6.22. The summed E-state index contributed by atoms with van der Waals surface area (Å²) < 4.78 is 16.4. The van der Waals surface area contributed by atoms with E-state index in [1.807, 2.05) is 30.3 Å². The van der Waals surface area contributed by atoms with E-state index in [0.717, 1.165) is 5.56 Å². The van der Waals surface area contributed by atoms with E-state index in [-0.39, 0.29) is 11.5 Å². The number of phenolic OH excluding ortho intramolecular Hbond substituents is 1. The lowest BCUT2D eigenvalue weighted by Crippen LogP contribution is -2.60. The van der Waals surface area contributed by atoms with Crippen LogP contribution in [-0.2, 0) is 11.3 Å². The van der Waals surface area contributed by atoms with Gasteiger partial charge in [-0.25, -0.2) is 0 Å². The van der Waals surface area contributed by atoms with E-state index < -0.39 is 37.3 Å². The molecule has 5 atom stereocenters. The largest absolute Gasteiger partial charge is 0.504 e. The van der Waals surface area contributed by atoms with Crippen molar-refractivity contribution in [2.45, 2.75) is 37.3 Å². The fraction of sp³-hybridized carbons (Fsp3) is 0.368. The number of ether oxygens (including phenoxy) is 3. The maximum Gasteiger partial charge on any atom is 0.229 e. The molecule has 1 heterocycles. The zero-order valence-corrected chi connectivity index (χ0v) is 14.4. The van der Waals surface area contributed by atoms with Crippen LogP contribution in [0.1, 0.15) is 5.56 Å². The van der Waals surface area contributed by atoms with Crippen LogP contribution in [0.25, 0.3) is 0 Å². The predicted octanol–water partition coefficient (Wildman–Crippen LogP) is 0.150. The molecule has 1 fully saturated rings. The third-order valence-electron chi connectivity index (χ3n) is 4.27. The zero-order valence-electron chi connectivity index (χ0n) is 14.4. The van der Waals surface area contributed by atoms with Crippen LogP contribution in [0.4, 0.5) is 0 Å². The van der Waals surface area contributed by atoms with E-state index >= 15 is 0 Å². The van der Waals surface area contributed by atoms with Crippen molar-refractivity contribution in [1.29, 1.82) is 0 Å². The van der Waals surface area contributed by atoms with Crippen LogP contribution in [0.15, 0.2) is 48.5 Å². The van der Waals surface area contributed by atoms with Crippen LogP contribution in [0.3, 0.4) is 0 Å².